The maximum absolute atomic E-state index is 3.66. The van der Waals surface area contributed by atoms with E-state index in [0.29, 0.717) is 0 Å². The van der Waals surface area contributed by atoms with Gasteiger partial charge in [0, 0.05) is 17.4 Å². The van der Waals surface area contributed by atoms with Crippen LogP contribution in [0.5, 0.6) is 0 Å². The van der Waals surface area contributed by atoms with Gasteiger partial charge in [-0.1, -0.05) is 29.8 Å². The van der Waals surface area contributed by atoms with Crippen LogP contribution in [0.1, 0.15) is 33.1 Å². The molecule has 1 saturated heterocycles. The van der Waals surface area contributed by atoms with Crippen LogP contribution in [0.4, 0.5) is 0 Å². The average molecular weight is 220 g/mol. The van der Waals surface area contributed by atoms with Crippen LogP contribution in [0.25, 0.3) is 0 Å². The van der Waals surface area contributed by atoms with Gasteiger partial charge in [-0.2, -0.15) is 0 Å². The third kappa shape index (κ3) is 2.45. The number of hydrogen-bond acceptors (Lipinski definition) is 1. The minimum Gasteiger partial charge on any atom is -0.299 e. The quantitative estimate of drug-likeness (QED) is 0.661. The molecule has 1 atom stereocenters. The van der Waals surface area contributed by atoms with Crippen LogP contribution in [0, 0.1) is 0 Å². The van der Waals surface area contributed by atoms with Crippen molar-refractivity contribution >= 4 is 15.9 Å². The van der Waals surface area contributed by atoms with E-state index >= 15 is 0 Å². The summed E-state index contributed by atoms with van der Waals surface area (Å²) in [5.74, 6) is 0. The monoisotopic (exact) mass is 219 g/mol. The molecule has 0 aromatic heterocycles. The molecule has 1 unspecified atom stereocenters. The van der Waals surface area contributed by atoms with Crippen molar-refractivity contribution in [3.05, 3.63) is 0 Å². The highest BCUT2D eigenvalue weighted by molar-refractivity contribution is 9.09. The molecule has 1 aliphatic heterocycles. The second-order valence-corrected chi connectivity index (χ2v) is 4.65. The molecule has 1 heterocycles. The Balaban J connectivity index is 2.34. The smallest absolute Gasteiger partial charge is 0.0285 e. The molecule has 1 fully saturated rings. The maximum atomic E-state index is 3.66. The Kier molecular flexibility index (Phi) is 3.86. The molecule has 1 nitrogen and oxygen atoms in total. The summed E-state index contributed by atoms with van der Waals surface area (Å²) in [4.78, 5) is 3.36. The van der Waals surface area contributed by atoms with Gasteiger partial charge >= 0.3 is 0 Å². The van der Waals surface area contributed by atoms with Gasteiger partial charge in [-0.3, -0.25) is 4.90 Å². The first kappa shape index (κ1) is 9.53. The summed E-state index contributed by atoms with van der Waals surface area (Å²) in [6.45, 7) is 7.13. The van der Waals surface area contributed by atoms with Crippen LogP contribution in [-0.4, -0.2) is 28.9 Å². The van der Waals surface area contributed by atoms with Gasteiger partial charge < -0.3 is 0 Å². The van der Waals surface area contributed by atoms with Crippen molar-refractivity contribution < 1.29 is 0 Å². The lowest BCUT2D eigenvalue weighted by molar-refractivity contribution is 0.231. The van der Waals surface area contributed by atoms with Crippen LogP contribution in [0.2, 0.25) is 0 Å². The minimum atomic E-state index is 0.753. The van der Waals surface area contributed by atoms with Crippen LogP contribution in [-0.2, 0) is 0 Å². The lowest BCUT2D eigenvalue weighted by atomic mass is 10.1. The molecule has 0 radical (unpaired) electrons. The summed E-state index contributed by atoms with van der Waals surface area (Å²) < 4.78 is 0. The lowest BCUT2D eigenvalue weighted by Crippen LogP contribution is -2.32. The fraction of sp³-hybridized carbons (Fsp3) is 1.00. The van der Waals surface area contributed by atoms with Crippen molar-refractivity contribution in [2.45, 2.75) is 44.0 Å². The number of rotatable bonds is 3. The van der Waals surface area contributed by atoms with Gasteiger partial charge in [0.05, 0.1) is 0 Å². The van der Waals surface area contributed by atoms with Crippen molar-refractivity contribution in [2.24, 2.45) is 0 Å². The second-order valence-electron chi connectivity index (χ2n) is 3.35. The zero-order valence-electron chi connectivity index (χ0n) is 7.52. The molecular formula is C9H18BrN. The molecule has 66 valence electrons. The Morgan fingerprint density at radius 3 is 2.45 bits per heavy atom. The maximum Gasteiger partial charge on any atom is 0.0285 e. The lowest BCUT2D eigenvalue weighted by Gasteiger charge is -2.24. The zero-order chi connectivity index (χ0) is 8.27. The second kappa shape index (κ2) is 4.46. The van der Waals surface area contributed by atoms with E-state index in [2.05, 4.69) is 34.7 Å². The van der Waals surface area contributed by atoms with Crippen molar-refractivity contribution in [2.75, 3.05) is 13.1 Å². The topological polar surface area (TPSA) is 3.24 Å². The molecule has 1 aliphatic rings. The molecule has 0 spiro atoms. The molecule has 0 saturated carbocycles. The predicted molar refractivity (Wildman–Crippen MR) is 53.3 cm³/mol. The Morgan fingerprint density at radius 2 is 2.09 bits per heavy atom. The molecule has 1 rings (SSSR count). The SMILES string of the molecule is CCC(CC)N1CCC(Br)C1. The number of hydrogen-bond donors (Lipinski definition) is 0. The molecule has 0 aromatic rings. The van der Waals surface area contributed by atoms with Crippen LogP contribution < -0.4 is 0 Å². The van der Waals surface area contributed by atoms with Crippen molar-refractivity contribution in [3.8, 4) is 0 Å². The van der Waals surface area contributed by atoms with Crippen molar-refractivity contribution in [1.82, 2.24) is 4.90 Å². The molecule has 0 aromatic carbocycles. The number of halogens is 1. The van der Waals surface area contributed by atoms with Crippen LogP contribution >= 0.6 is 15.9 Å². The molecule has 0 amide bonds. The van der Waals surface area contributed by atoms with Gasteiger partial charge in [-0.05, 0) is 25.8 Å². The van der Waals surface area contributed by atoms with Gasteiger partial charge in [-0.15, -0.1) is 0 Å². The number of alkyl halides is 1. The van der Waals surface area contributed by atoms with Gasteiger partial charge in [0.15, 0.2) is 0 Å². The number of nitrogens with zero attached hydrogens (tertiary/aromatic N) is 1. The van der Waals surface area contributed by atoms with E-state index in [4.69, 9.17) is 0 Å². The summed E-state index contributed by atoms with van der Waals surface area (Å²) in [6, 6.07) is 0.831. The molecular weight excluding hydrogens is 202 g/mol. The molecule has 11 heavy (non-hydrogen) atoms. The van der Waals surface area contributed by atoms with Crippen molar-refractivity contribution in [1.29, 1.82) is 0 Å². The highest BCUT2D eigenvalue weighted by atomic mass is 79.9. The fourth-order valence-corrected chi connectivity index (χ4v) is 2.46. The fourth-order valence-electron chi connectivity index (χ4n) is 1.88. The molecule has 0 bridgehead atoms. The number of likely N-dealkylation sites (tertiary alicyclic amines) is 1. The Hall–Kier alpha value is 0.440. The van der Waals surface area contributed by atoms with E-state index < -0.39 is 0 Å². The highest BCUT2D eigenvalue weighted by Crippen LogP contribution is 2.21. The minimum absolute atomic E-state index is 0.753. The zero-order valence-corrected chi connectivity index (χ0v) is 9.10. The molecule has 0 N–H and O–H groups in total. The predicted octanol–water partition coefficient (Wildman–Crippen LogP) is 2.64. The Morgan fingerprint density at radius 1 is 1.45 bits per heavy atom. The summed E-state index contributed by atoms with van der Waals surface area (Å²) in [5, 5.41) is 0. The largest absolute Gasteiger partial charge is 0.299 e. The van der Waals surface area contributed by atoms with Crippen molar-refractivity contribution in [3.63, 3.8) is 0 Å². The first-order chi connectivity index (χ1) is 5.27. The van der Waals surface area contributed by atoms with Gasteiger partial charge in [0.1, 0.15) is 0 Å². The van der Waals surface area contributed by atoms with E-state index in [1.54, 1.807) is 0 Å². The first-order valence-corrected chi connectivity index (χ1v) is 5.57. The summed E-state index contributed by atoms with van der Waals surface area (Å²) in [5.41, 5.74) is 0. The van der Waals surface area contributed by atoms with Gasteiger partial charge in [-0.25, -0.2) is 0 Å². The van der Waals surface area contributed by atoms with Gasteiger partial charge in [0.25, 0.3) is 0 Å². The normalized spacial score (nSPS) is 26.7. The van der Waals surface area contributed by atoms with Gasteiger partial charge in [0.2, 0.25) is 0 Å². The molecule has 2 heteroatoms. The Bertz CT molecular complexity index is 112. The molecule has 0 aliphatic carbocycles. The summed E-state index contributed by atoms with van der Waals surface area (Å²) >= 11 is 3.66. The van der Waals surface area contributed by atoms with E-state index in [9.17, 15) is 0 Å². The van der Waals surface area contributed by atoms with Crippen LogP contribution in [0.15, 0.2) is 0 Å². The third-order valence-electron chi connectivity index (χ3n) is 2.62. The van der Waals surface area contributed by atoms with E-state index in [0.717, 1.165) is 10.9 Å². The highest BCUT2D eigenvalue weighted by Gasteiger charge is 2.24. The average Bonchev–Trinajstić information content (AvgIpc) is 2.39. The Labute approximate surface area is 78.3 Å². The van der Waals surface area contributed by atoms with Crippen LogP contribution in [0.3, 0.4) is 0 Å². The van der Waals surface area contributed by atoms with E-state index in [1.165, 1.54) is 32.4 Å². The summed E-state index contributed by atoms with van der Waals surface area (Å²) in [6.07, 6.45) is 3.93. The van der Waals surface area contributed by atoms with E-state index in [-0.39, 0.29) is 0 Å². The third-order valence-corrected chi connectivity index (χ3v) is 3.37. The summed E-state index contributed by atoms with van der Waals surface area (Å²) in [7, 11) is 0. The van der Waals surface area contributed by atoms with E-state index in [1.807, 2.05) is 0 Å². The first-order valence-electron chi connectivity index (χ1n) is 4.66. The standard InChI is InChI=1S/C9H18BrN/c1-3-9(4-2)11-6-5-8(10)7-11/h8-9H,3-7H2,1-2H3.